The van der Waals surface area contributed by atoms with Crippen LogP contribution in [0.5, 0.6) is 0 Å². The van der Waals surface area contributed by atoms with E-state index in [-0.39, 0.29) is 12.0 Å². The zero-order valence-electron chi connectivity index (χ0n) is 9.31. The number of thiophene rings is 1. The minimum absolute atomic E-state index is 0.0561. The molecule has 88 valence electrons. The molecule has 1 aromatic heterocycles. The summed E-state index contributed by atoms with van der Waals surface area (Å²) in [5.74, 6) is 0.0561. The van der Waals surface area contributed by atoms with Crippen molar-refractivity contribution in [2.75, 3.05) is 26.7 Å². The number of ether oxygens (including phenoxy) is 1. The molecule has 2 rings (SSSR count). The van der Waals surface area contributed by atoms with E-state index in [0.29, 0.717) is 19.7 Å². The SMILES string of the molecule is CN(Cc1cccs1)C(=O)C1CNCCO1. The average Bonchev–Trinajstić information content (AvgIpc) is 2.82. The molecule has 0 bridgehead atoms. The standard InChI is InChI=1S/C11H16N2O2S/c1-13(8-9-3-2-6-16-9)11(14)10-7-12-4-5-15-10/h2-3,6,10,12H,4-5,7-8H2,1H3. The highest BCUT2D eigenvalue weighted by Gasteiger charge is 2.24. The van der Waals surface area contributed by atoms with Gasteiger partial charge in [-0.25, -0.2) is 0 Å². The number of rotatable bonds is 3. The third kappa shape index (κ3) is 2.81. The molecule has 1 N–H and O–H groups in total. The van der Waals surface area contributed by atoms with Crippen LogP contribution in [0.25, 0.3) is 0 Å². The Morgan fingerprint density at radius 1 is 1.75 bits per heavy atom. The molecule has 1 aliphatic rings. The maximum atomic E-state index is 12.0. The van der Waals surface area contributed by atoms with Gasteiger partial charge in [-0.3, -0.25) is 4.79 Å². The summed E-state index contributed by atoms with van der Waals surface area (Å²) in [4.78, 5) is 14.9. The predicted molar refractivity (Wildman–Crippen MR) is 63.4 cm³/mol. The summed E-state index contributed by atoms with van der Waals surface area (Å²) in [5, 5.41) is 5.18. The van der Waals surface area contributed by atoms with Gasteiger partial charge in [-0.2, -0.15) is 0 Å². The number of nitrogens with zero attached hydrogens (tertiary/aromatic N) is 1. The minimum Gasteiger partial charge on any atom is -0.366 e. The van der Waals surface area contributed by atoms with Crippen molar-refractivity contribution in [3.8, 4) is 0 Å². The van der Waals surface area contributed by atoms with Crippen LogP contribution in [-0.4, -0.2) is 43.7 Å². The fourth-order valence-corrected chi connectivity index (χ4v) is 2.44. The van der Waals surface area contributed by atoms with Crippen LogP contribution in [-0.2, 0) is 16.1 Å². The van der Waals surface area contributed by atoms with Crippen molar-refractivity contribution < 1.29 is 9.53 Å². The normalized spacial score (nSPS) is 20.7. The molecule has 2 heterocycles. The van der Waals surface area contributed by atoms with E-state index < -0.39 is 0 Å². The molecular weight excluding hydrogens is 224 g/mol. The first-order valence-electron chi connectivity index (χ1n) is 5.37. The number of hydrogen-bond acceptors (Lipinski definition) is 4. The monoisotopic (exact) mass is 240 g/mol. The Morgan fingerprint density at radius 2 is 2.62 bits per heavy atom. The van der Waals surface area contributed by atoms with Crippen molar-refractivity contribution in [2.24, 2.45) is 0 Å². The highest BCUT2D eigenvalue weighted by Crippen LogP contribution is 2.12. The van der Waals surface area contributed by atoms with Crippen molar-refractivity contribution in [3.05, 3.63) is 22.4 Å². The summed E-state index contributed by atoms with van der Waals surface area (Å²) in [7, 11) is 1.82. The third-order valence-electron chi connectivity index (χ3n) is 2.55. The van der Waals surface area contributed by atoms with Crippen LogP contribution in [0.3, 0.4) is 0 Å². The fraction of sp³-hybridized carbons (Fsp3) is 0.545. The smallest absolute Gasteiger partial charge is 0.253 e. The van der Waals surface area contributed by atoms with Gasteiger partial charge in [-0.15, -0.1) is 11.3 Å². The molecule has 4 nitrogen and oxygen atoms in total. The fourth-order valence-electron chi connectivity index (χ4n) is 1.68. The molecule has 1 unspecified atom stereocenters. The molecule has 0 radical (unpaired) electrons. The molecule has 16 heavy (non-hydrogen) atoms. The molecule has 5 heteroatoms. The number of morpholine rings is 1. The van der Waals surface area contributed by atoms with Gasteiger partial charge in [0.15, 0.2) is 0 Å². The molecule has 1 aliphatic heterocycles. The first kappa shape index (κ1) is 11.6. The molecule has 1 aromatic rings. The molecule has 0 aromatic carbocycles. The lowest BCUT2D eigenvalue weighted by Gasteiger charge is -2.27. The van der Waals surface area contributed by atoms with Crippen LogP contribution in [0, 0.1) is 0 Å². The van der Waals surface area contributed by atoms with Crippen molar-refractivity contribution in [2.45, 2.75) is 12.6 Å². The van der Waals surface area contributed by atoms with Crippen LogP contribution in [0.1, 0.15) is 4.88 Å². The largest absolute Gasteiger partial charge is 0.366 e. The lowest BCUT2D eigenvalue weighted by Crippen LogP contribution is -2.48. The van der Waals surface area contributed by atoms with Crippen LogP contribution < -0.4 is 5.32 Å². The number of amides is 1. The Morgan fingerprint density at radius 3 is 3.25 bits per heavy atom. The number of nitrogens with one attached hydrogen (secondary N) is 1. The van der Waals surface area contributed by atoms with E-state index in [1.54, 1.807) is 16.2 Å². The second kappa shape index (κ2) is 5.43. The van der Waals surface area contributed by atoms with Gasteiger partial charge in [0.05, 0.1) is 13.2 Å². The highest BCUT2D eigenvalue weighted by molar-refractivity contribution is 7.09. The Hall–Kier alpha value is -0.910. The summed E-state index contributed by atoms with van der Waals surface area (Å²) in [5.41, 5.74) is 0. The molecule has 0 spiro atoms. The van der Waals surface area contributed by atoms with Crippen LogP contribution in [0.15, 0.2) is 17.5 Å². The molecule has 0 saturated carbocycles. The van der Waals surface area contributed by atoms with Crippen molar-refractivity contribution in [1.82, 2.24) is 10.2 Å². The topological polar surface area (TPSA) is 41.6 Å². The Balaban J connectivity index is 1.88. The number of hydrogen-bond donors (Lipinski definition) is 1. The first-order chi connectivity index (χ1) is 7.77. The van der Waals surface area contributed by atoms with E-state index in [1.165, 1.54) is 4.88 Å². The molecule has 1 atom stereocenters. The Kier molecular flexibility index (Phi) is 3.93. The lowest BCUT2D eigenvalue weighted by molar-refractivity contribution is -0.144. The van der Waals surface area contributed by atoms with Gasteiger partial charge in [-0.1, -0.05) is 6.07 Å². The summed E-state index contributed by atoms with van der Waals surface area (Å²) >= 11 is 1.66. The number of likely N-dealkylation sites (N-methyl/N-ethyl adjacent to an activating group) is 1. The average molecular weight is 240 g/mol. The summed E-state index contributed by atoms with van der Waals surface area (Å²) in [6.45, 7) is 2.73. The van der Waals surface area contributed by atoms with Crippen LogP contribution in [0.2, 0.25) is 0 Å². The van der Waals surface area contributed by atoms with Crippen molar-refractivity contribution >= 4 is 17.2 Å². The predicted octanol–water partition coefficient (Wildman–Crippen LogP) is 0.695. The van der Waals surface area contributed by atoms with Crippen molar-refractivity contribution in [3.63, 3.8) is 0 Å². The van der Waals surface area contributed by atoms with E-state index >= 15 is 0 Å². The first-order valence-corrected chi connectivity index (χ1v) is 6.25. The minimum atomic E-state index is -0.321. The van der Waals surface area contributed by atoms with E-state index in [4.69, 9.17) is 4.74 Å². The summed E-state index contributed by atoms with van der Waals surface area (Å²) in [6, 6.07) is 4.03. The van der Waals surface area contributed by atoms with Gasteiger partial charge in [0.1, 0.15) is 6.10 Å². The lowest BCUT2D eigenvalue weighted by atomic mass is 10.2. The maximum Gasteiger partial charge on any atom is 0.253 e. The molecular formula is C11H16N2O2S. The molecule has 1 amide bonds. The maximum absolute atomic E-state index is 12.0. The van der Waals surface area contributed by atoms with E-state index in [1.807, 2.05) is 24.6 Å². The van der Waals surface area contributed by atoms with Gasteiger partial charge >= 0.3 is 0 Å². The Labute approximate surface area is 99.2 Å². The van der Waals surface area contributed by atoms with Crippen LogP contribution in [0.4, 0.5) is 0 Å². The third-order valence-corrected chi connectivity index (χ3v) is 3.41. The second-order valence-electron chi connectivity index (χ2n) is 3.84. The molecule has 1 saturated heterocycles. The Bertz CT molecular complexity index is 334. The van der Waals surface area contributed by atoms with E-state index in [0.717, 1.165) is 6.54 Å². The summed E-state index contributed by atoms with van der Waals surface area (Å²) in [6.07, 6.45) is -0.321. The van der Waals surface area contributed by atoms with E-state index in [9.17, 15) is 4.79 Å². The molecule has 1 fully saturated rings. The van der Waals surface area contributed by atoms with Crippen molar-refractivity contribution in [1.29, 1.82) is 0 Å². The van der Waals surface area contributed by atoms with Gasteiger partial charge in [0.2, 0.25) is 0 Å². The van der Waals surface area contributed by atoms with E-state index in [2.05, 4.69) is 5.32 Å². The zero-order chi connectivity index (χ0) is 11.4. The van der Waals surface area contributed by atoms with Gasteiger partial charge < -0.3 is 15.0 Å². The highest BCUT2D eigenvalue weighted by atomic mass is 32.1. The zero-order valence-corrected chi connectivity index (χ0v) is 10.1. The number of carbonyl (C=O) groups is 1. The van der Waals surface area contributed by atoms with Crippen LogP contribution >= 0.6 is 11.3 Å². The second-order valence-corrected chi connectivity index (χ2v) is 4.87. The quantitative estimate of drug-likeness (QED) is 0.845. The summed E-state index contributed by atoms with van der Waals surface area (Å²) < 4.78 is 5.43. The molecule has 0 aliphatic carbocycles. The van der Waals surface area contributed by atoms with Gasteiger partial charge in [0, 0.05) is 25.0 Å². The van der Waals surface area contributed by atoms with Gasteiger partial charge in [0.25, 0.3) is 5.91 Å². The van der Waals surface area contributed by atoms with Gasteiger partial charge in [-0.05, 0) is 11.4 Å². The number of carbonyl (C=O) groups excluding carboxylic acids is 1.